The Balaban J connectivity index is 0.00000280. The van der Waals surface area contributed by atoms with E-state index in [9.17, 15) is 8.78 Å². The highest BCUT2D eigenvalue weighted by Gasteiger charge is 2.39. The summed E-state index contributed by atoms with van der Waals surface area (Å²) in [6.45, 7) is 3.66. The average Bonchev–Trinajstić information content (AvgIpc) is 3.39. The number of guanidine groups is 1. The van der Waals surface area contributed by atoms with Gasteiger partial charge in [-0.15, -0.1) is 24.0 Å². The van der Waals surface area contributed by atoms with Crippen molar-refractivity contribution < 1.29 is 8.78 Å². The van der Waals surface area contributed by atoms with Gasteiger partial charge in [0.15, 0.2) is 5.96 Å². The lowest BCUT2D eigenvalue weighted by atomic mass is 10.0. The Morgan fingerprint density at radius 3 is 2.46 bits per heavy atom. The third kappa shape index (κ3) is 5.54. The van der Waals surface area contributed by atoms with Gasteiger partial charge >= 0.3 is 0 Å². The molecule has 2 N–H and O–H groups in total. The minimum absolute atomic E-state index is 0. The van der Waals surface area contributed by atoms with E-state index in [4.69, 9.17) is 0 Å². The second kappa shape index (κ2) is 10.2. The summed E-state index contributed by atoms with van der Waals surface area (Å²) in [4.78, 5) is 8.69. The van der Waals surface area contributed by atoms with E-state index in [1.165, 1.54) is 31.0 Å². The lowest BCUT2D eigenvalue weighted by molar-refractivity contribution is 0.256. The number of benzene rings is 1. The Kier molecular flexibility index (Phi) is 8.44. The number of rotatable bonds is 6. The Morgan fingerprint density at radius 1 is 1.29 bits per heavy atom. The average molecular weight is 507 g/mol. The molecule has 0 bridgehead atoms. The van der Waals surface area contributed by atoms with Crippen LogP contribution in [0.1, 0.15) is 37.8 Å². The SMILES string of the molecule is CN=C(NCC(c1c(F)cccc1F)N(C)C)NC1CC(C)N(C2CC2)C1.I. The maximum Gasteiger partial charge on any atom is 0.191 e. The molecule has 2 fully saturated rings. The van der Waals surface area contributed by atoms with Crippen LogP contribution in [0, 0.1) is 11.6 Å². The van der Waals surface area contributed by atoms with Crippen molar-refractivity contribution in [3.05, 3.63) is 35.4 Å². The number of likely N-dealkylation sites (tertiary alicyclic amines) is 1. The fraction of sp³-hybridized carbons (Fsp3) is 0.650. The molecule has 0 aromatic heterocycles. The number of likely N-dealkylation sites (N-methyl/N-ethyl adjacent to an activating group) is 1. The van der Waals surface area contributed by atoms with Crippen LogP contribution in [0.2, 0.25) is 0 Å². The largest absolute Gasteiger partial charge is 0.354 e. The van der Waals surface area contributed by atoms with Gasteiger partial charge in [0.05, 0.1) is 6.04 Å². The highest BCUT2D eigenvalue weighted by Crippen LogP contribution is 2.33. The molecule has 3 unspecified atom stereocenters. The second-order valence-electron chi connectivity index (χ2n) is 7.92. The monoisotopic (exact) mass is 507 g/mol. The number of halogens is 3. The van der Waals surface area contributed by atoms with Crippen LogP contribution in [0.15, 0.2) is 23.2 Å². The summed E-state index contributed by atoms with van der Waals surface area (Å²) in [5, 5.41) is 6.73. The van der Waals surface area contributed by atoms with Crippen molar-refractivity contribution in [1.82, 2.24) is 20.4 Å². The van der Waals surface area contributed by atoms with E-state index in [0.717, 1.165) is 19.0 Å². The predicted octanol–water partition coefficient (Wildman–Crippen LogP) is 2.98. The van der Waals surface area contributed by atoms with Crippen LogP contribution in [-0.2, 0) is 0 Å². The molecule has 28 heavy (non-hydrogen) atoms. The summed E-state index contributed by atoms with van der Waals surface area (Å²) in [6.07, 6.45) is 3.70. The fourth-order valence-electron chi connectivity index (χ4n) is 4.03. The number of aliphatic imine (C=N–C) groups is 1. The van der Waals surface area contributed by atoms with E-state index in [0.29, 0.717) is 24.6 Å². The minimum Gasteiger partial charge on any atom is -0.354 e. The van der Waals surface area contributed by atoms with Gasteiger partial charge in [0.2, 0.25) is 0 Å². The molecule has 1 aliphatic carbocycles. The number of nitrogens with one attached hydrogen (secondary N) is 2. The first-order valence-electron chi connectivity index (χ1n) is 9.74. The van der Waals surface area contributed by atoms with Crippen LogP contribution in [0.4, 0.5) is 8.78 Å². The van der Waals surface area contributed by atoms with Crippen LogP contribution in [0.3, 0.4) is 0 Å². The van der Waals surface area contributed by atoms with E-state index < -0.39 is 17.7 Å². The molecule has 3 atom stereocenters. The van der Waals surface area contributed by atoms with Crippen LogP contribution >= 0.6 is 24.0 Å². The fourth-order valence-corrected chi connectivity index (χ4v) is 4.03. The summed E-state index contributed by atoms with van der Waals surface area (Å²) in [6, 6.07) is 5.23. The maximum atomic E-state index is 14.2. The number of nitrogens with zero attached hydrogens (tertiary/aromatic N) is 3. The third-order valence-electron chi connectivity index (χ3n) is 5.62. The van der Waals surface area contributed by atoms with Gasteiger partial charge in [-0.3, -0.25) is 9.89 Å². The van der Waals surface area contributed by atoms with Crippen molar-refractivity contribution >= 4 is 29.9 Å². The summed E-state index contributed by atoms with van der Waals surface area (Å²) >= 11 is 0. The molecular formula is C20H32F2IN5. The third-order valence-corrected chi connectivity index (χ3v) is 5.62. The van der Waals surface area contributed by atoms with Gasteiger partial charge in [-0.1, -0.05) is 6.07 Å². The van der Waals surface area contributed by atoms with Crippen LogP contribution < -0.4 is 10.6 Å². The molecule has 3 rings (SSSR count). The lowest BCUT2D eigenvalue weighted by Gasteiger charge is -2.27. The molecule has 2 aliphatic rings. The Bertz CT molecular complexity index is 660. The molecule has 1 saturated heterocycles. The van der Waals surface area contributed by atoms with Gasteiger partial charge in [0.1, 0.15) is 11.6 Å². The van der Waals surface area contributed by atoms with Gasteiger partial charge in [-0.05, 0) is 52.4 Å². The zero-order valence-electron chi connectivity index (χ0n) is 17.1. The number of hydrogen-bond acceptors (Lipinski definition) is 3. The van der Waals surface area contributed by atoms with E-state index in [1.54, 1.807) is 7.05 Å². The van der Waals surface area contributed by atoms with Crippen LogP contribution in [0.25, 0.3) is 0 Å². The van der Waals surface area contributed by atoms with Crippen molar-refractivity contribution in [2.75, 3.05) is 34.2 Å². The van der Waals surface area contributed by atoms with Crippen LogP contribution in [-0.4, -0.2) is 68.1 Å². The Hall–Kier alpha value is -1.00. The maximum absolute atomic E-state index is 14.2. The van der Waals surface area contributed by atoms with E-state index in [-0.39, 0.29) is 29.5 Å². The summed E-state index contributed by atoms with van der Waals surface area (Å²) in [5.74, 6) is -0.375. The van der Waals surface area contributed by atoms with Crippen molar-refractivity contribution in [1.29, 1.82) is 0 Å². The normalized spacial score (nSPS) is 24.2. The van der Waals surface area contributed by atoms with Gasteiger partial charge in [0, 0.05) is 43.8 Å². The first kappa shape index (κ1) is 23.3. The molecule has 0 amide bonds. The van der Waals surface area contributed by atoms with Crippen LogP contribution in [0.5, 0.6) is 0 Å². The second-order valence-corrected chi connectivity index (χ2v) is 7.92. The van der Waals surface area contributed by atoms with Crippen molar-refractivity contribution in [3.8, 4) is 0 Å². The van der Waals surface area contributed by atoms with Gasteiger partial charge in [0.25, 0.3) is 0 Å². The highest BCUT2D eigenvalue weighted by molar-refractivity contribution is 14.0. The van der Waals surface area contributed by atoms with E-state index in [2.05, 4.69) is 27.4 Å². The Morgan fingerprint density at radius 2 is 1.93 bits per heavy atom. The molecular weight excluding hydrogens is 475 g/mol. The first-order chi connectivity index (χ1) is 12.9. The zero-order valence-corrected chi connectivity index (χ0v) is 19.4. The lowest BCUT2D eigenvalue weighted by Crippen LogP contribution is -2.47. The summed E-state index contributed by atoms with van der Waals surface area (Å²) < 4.78 is 28.4. The number of hydrogen-bond donors (Lipinski definition) is 2. The standard InChI is InChI=1S/C20H31F2N5.HI/c1-13-10-14(12-27(13)15-8-9-15)25-20(23-2)24-11-18(26(3)4)19-16(21)6-5-7-17(19)22;/h5-7,13-15,18H,8-12H2,1-4H3,(H2,23,24,25);1H. The van der Waals surface area contributed by atoms with Gasteiger partial charge in [-0.25, -0.2) is 8.78 Å². The molecule has 0 spiro atoms. The van der Waals surface area contributed by atoms with Crippen molar-refractivity contribution in [3.63, 3.8) is 0 Å². The molecule has 1 aromatic rings. The molecule has 0 radical (unpaired) electrons. The van der Waals surface area contributed by atoms with E-state index >= 15 is 0 Å². The molecule has 5 nitrogen and oxygen atoms in total. The van der Waals surface area contributed by atoms with Crippen molar-refractivity contribution in [2.45, 2.75) is 50.4 Å². The van der Waals surface area contributed by atoms with Crippen molar-refractivity contribution in [2.24, 2.45) is 4.99 Å². The molecule has 1 saturated carbocycles. The summed E-state index contributed by atoms with van der Waals surface area (Å²) in [7, 11) is 5.36. The smallest absolute Gasteiger partial charge is 0.191 e. The highest BCUT2D eigenvalue weighted by atomic mass is 127. The molecule has 1 heterocycles. The minimum atomic E-state index is -0.525. The Labute approximate surface area is 184 Å². The first-order valence-corrected chi connectivity index (χ1v) is 9.74. The van der Waals surface area contributed by atoms with Gasteiger partial charge < -0.3 is 15.5 Å². The zero-order chi connectivity index (χ0) is 19.6. The molecule has 1 aliphatic heterocycles. The molecule has 8 heteroatoms. The topological polar surface area (TPSA) is 42.9 Å². The quantitative estimate of drug-likeness (QED) is 0.353. The van der Waals surface area contributed by atoms with Gasteiger partial charge in [-0.2, -0.15) is 0 Å². The molecule has 1 aromatic carbocycles. The molecule has 158 valence electrons. The summed E-state index contributed by atoms with van der Waals surface area (Å²) in [5.41, 5.74) is 0.0832. The van der Waals surface area contributed by atoms with E-state index in [1.807, 2.05) is 19.0 Å². The predicted molar refractivity (Wildman–Crippen MR) is 120 cm³/mol.